The van der Waals surface area contributed by atoms with Gasteiger partial charge in [-0.2, -0.15) is 0 Å². The van der Waals surface area contributed by atoms with Gasteiger partial charge in [0.15, 0.2) is 0 Å². The first-order chi connectivity index (χ1) is 8.68. The fraction of sp³-hybridized carbons (Fsp3) is 0.133. The summed E-state index contributed by atoms with van der Waals surface area (Å²) in [6.07, 6.45) is 1.87. The summed E-state index contributed by atoms with van der Waals surface area (Å²) in [5, 5.41) is 2.35. The van der Waals surface area contributed by atoms with Crippen LogP contribution in [0.15, 0.2) is 47.1 Å². The van der Waals surface area contributed by atoms with Crippen molar-refractivity contribution in [1.82, 2.24) is 9.55 Å². The molecule has 0 radical (unpaired) electrons. The largest absolute Gasteiger partial charge is 0.303 e. The highest BCUT2D eigenvalue weighted by Crippen LogP contribution is 2.28. The number of benzene rings is 1. The minimum atomic E-state index is 0.994. The van der Waals surface area contributed by atoms with Crippen LogP contribution in [0.25, 0.3) is 16.6 Å². The number of nitrogens with zero attached hydrogens (tertiary/aromatic N) is 2. The first kappa shape index (κ1) is 11.5. The average Bonchev–Trinajstić information content (AvgIpc) is 2.71. The number of aryl methyl sites for hydroxylation is 2. The smallest absolute Gasteiger partial charge is 0.144 e. The van der Waals surface area contributed by atoms with Gasteiger partial charge in [-0.1, -0.05) is 24.3 Å². The highest BCUT2D eigenvalue weighted by Gasteiger charge is 2.10. The Bertz CT molecular complexity index is 709. The van der Waals surface area contributed by atoms with Gasteiger partial charge in [-0.25, -0.2) is 4.98 Å². The molecule has 0 bridgehead atoms. The van der Waals surface area contributed by atoms with Gasteiger partial charge in [0.1, 0.15) is 5.82 Å². The van der Waals surface area contributed by atoms with Crippen LogP contribution in [-0.2, 0) is 0 Å². The van der Waals surface area contributed by atoms with Crippen LogP contribution < -0.4 is 0 Å². The molecule has 0 saturated heterocycles. The van der Waals surface area contributed by atoms with Crippen molar-refractivity contribution >= 4 is 26.7 Å². The van der Waals surface area contributed by atoms with E-state index in [0.29, 0.717) is 0 Å². The third kappa shape index (κ3) is 1.66. The molecule has 18 heavy (non-hydrogen) atoms. The molecule has 0 fully saturated rings. The lowest BCUT2D eigenvalue weighted by atomic mass is 10.1. The van der Waals surface area contributed by atoms with Crippen LogP contribution in [0.1, 0.15) is 11.4 Å². The predicted octanol–water partition coefficient (Wildman–Crippen LogP) is 4.40. The topological polar surface area (TPSA) is 17.8 Å². The van der Waals surface area contributed by atoms with E-state index in [2.05, 4.69) is 63.6 Å². The summed E-state index contributed by atoms with van der Waals surface area (Å²) >= 11 is 3.56. The number of hydrogen-bond donors (Lipinski definition) is 0. The van der Waals surface area contributed by atoms with Gasteiger partial charge in [0.2, 0.25) is 0 Å². The molecule has 3 heteroatoms. The molecule has 0 amide bonds. The number of aromatic nitrogens is 2. The number of pyridine rings is 1. The average molecular weight is 301 g/mol. The van der Waals surface area contributed by atoms with Crippen molar-refractivity contribution in [3.63, 3.8) is 0 Å². The van der Waals surface area contributed by atoms with E-state index >= 15 is 0 Å². The van der Waals surface area contributed by atoms with Crippen LogP contribution in [0.2, 0.25) is 0 Å². The minimum Gasteiger partial charge on any atom is -0.303 e. The Labute approximate surface area is 114 Å². The van der Waals surface area contributed by atoms with E-state index < -0.39 is 0 Å². The van der Waals surface area contributed by atoms with Crippen molar-refractivity contribution in [3.05, 3.63) is 58.5 Å². The Morgan fingerprint density at radius 1 is 0.944 bits per heavy atom. The standard InChI is InChI=1S/C15H13BrN2/c1-10-7-8-11(2)18(10)15-13-6-4-3-5-12(13)14(16)9-17-15/h3-9H,1-2H3. The Kier molecular flexibility index (Phi) is 2.71. The van der Waals surface area contributed by atoms with Crippen LogP contribution in [0.3, 0.4) is 0 Å². The highest BCUT2D eigenvalue weighted by atomic mass is 79.9. The maximum atomic E-state index is 4.59. The first-order valence-electron chi connectivity index (χ1n) is 5.87. The van der Waals surface area contributed by atoms with Gasteiger partial charge in [-0.05, 0) is 41.9 Å². The van der Waals surface area contributed by atoms with Crippen molar-refractivity contribution in [2.45, 2.75) is 13.8 Å². The van der Waals surface area contributed by atoms with Gasteiger partial charge in [0.25, 0.3) is 0 Å². The zero-order valence-electron chi connectivity index (χ0n) is 10.3. The van der Waals surface area contributed by atoms with E-state index in [1.807, 2.05) is 18.3 Å². The number of fused-ring (bicyclic) bond motifs is 1. The zero-order chi connectivity index (χ0) is 12.7. The summed E-state index contributed by atoms with van der Waals surface area (Å²) in [6.45, 7) is 4.21. The molecule has 90 valence electrons. The van der Waals surface area contributed by atoms with Gasteiger partial charge in [0.05, 0.1) is 0 Å². The lowest BCUT2D eigenvalue weighted by molar-refractivity contribution is 0.932. The van der Waals surface area contributed by atoms with Crippen LogP contribution in [-0.4, -0.2) is 9.55 Å². The highest BCUT2D eigenvalue weighted by molar-refractivity contribution is 9.10. The van der Waals surface area contributed by atoms with Crippen LogP contribution >= 0.6 is 15.9 Å². The van der Waals surface area contributed by atoms with E-state index in [1.54, 1.807) is 0 Å². The van der Waals surface area contributed by atoms with Crippen molar-refractivity contribution in [3.8, 4) is 5.82 Å². The van der Waals surface area contributed by atoms with Crippen molar-refractivity contribution in [2.24, 2.45) is 0 Å². The molecule has 3 rings (SSSR count). The van der Waals surface area contributed by atoms with E-state index in [0.717, 1.165) is 15.7 Å². The Hall–Kier alpha value is -1.61. The second-order valence-corrected chi connectivity index (χ2v) is 5.28. The summed E-state index contributed by atoms with van der Waals surface area (Å²) in [5.41, 5.74) is 2.40. The minimum absolute atomic E-state index is 0.994. The van der Waals surface area contributed by atoms with Gasteiger partial charge in [0, 0.05) is 32.8 Å². The summed E-state index contributed by atoms with van der Waals surface area (Å²) in [7, 11) is 0. The fourth-order valence-electron chi connectivity index (χ4n) is 2.32. The first-order valence-corrected chi connectivity index (χ1v) is 6.66. The lowest BCUT2D eigenvalue weighted by Crippen LogP contribution is -2.02. The molecule has 3 aromatic rings. The van der Waals surface area contributed by atoms with Crippen molar-refractivity contribution in [1.29, 1.82) is 0 Å². The molecule has 1 aromatic carbocycles. The SMILES string of the molecule is Cc1ccc(C)n1-c1ncc(Br)c2ccccc12. The molecule has 0 aliphatic rings. The molecule has 0 unspecified atom stereocenters. The van der Waals surface area contributed by atoms with Crippen molar-refractivity contribution in [2.75, 3.05) is 0 Å². The second kappa shape index (κ2) is 4.25. The molecule has 0 spiro atoms. The van der Waals surface area contributed by atoms with E-state index in [4.69, 9.17) is 0 Å². The quantitative estimate of drug-likeness (QED) is 0.651. The number of rotatable bonds is 1. The maximum Gasteiger partial charge on any atom is 0.144 e. The van der Waals surface area contributed by atoms with Gasteiger partial charge in [-0.3, -0.25) is 0 Å². The Balaban J connectivity index is 2.41. The number of halogens is 1. The zero-order valence-corrected chi connectivity index (χ0v) is 11.9. The molecular formula is C15H13BrN2. The molecule has 0 aliphatic heterocycles. The van der Waals surface area contributed by atoms with Crippen LogP contribution in [0, 0.1) is 13.8 Å². The summed E-state index contributed by atoms with van der Waals surface area (Å²) in [4.78, 5) is 4.59. The third-order valence-corrected chi connectivity index (χ3v) is 3.84. The maximum absolute atomic E-state index is 4.59. The normalized spacial score (nSPS) is 11.1. The van der Waals surface area contributed by atoms with Gasteiger partial charge in [-0.15, -0.1) is 0 Å². The van der Waals surface area contributed by atoms with Crippen LogP contribution in [0.4, 0.5) is 0 Å². The van der Waals surface area contributed by atoms with Gasteiger partial charge >= 0.3 is 0 Å². The fourth-order valence-corrected chi connectivity index (χ4v) is 2.77. The van der Waals surface area contributed by atoms with Gasteiger partial charge < -0.3 is 4.57 Å². The Morgan fingerprint density at radius 2 is 1.56 bits per heavy atom. The van der Waals surface area contributed by atoms with E-state index in [9.17, 15) is 0 Å². The molecule has 0 N–H and O–H groups in total. The molecule has 0 saturated carbocycles. The summed E-state index contributed by atoms with van der Waals surface area (Å²) < 4.78 is 3.22. The molecule has 2 nitrogen and oxygen atoms in total. The summed E-state index contributed by atoms with van der Waals surface area (Å²) in [5.74, 6) is 0.994. The molecule has 0 atom stereocenters. The Morgan fingerprint density at radius 3 is 2.22 bits per heavy atom. The lowest BCUT2D eigenvalue weighted by Gasteiger charge is -2.12. The monoisotopic (exact) mass is 300 g/mol. The summed E-state index contributed by atoms with van der Waals surface area (Å²) in [6, 6.07) is 12.6. The molecule has 2 heterocycles. The number of hydrogen-bond acceptors (Lipinski definition) is 1. The molecule has 0 aliphatic carbocycles. The third-order valence-electron chi connectivity index (χ3n) is 3.21. The predicted molar refractivity (Wildman–Crippen MR) is 78.2 cm³/mol. The molecule has 2 aromatic heterocycles. The van der Waals surface area contributed by atoms with Crippen molar-refractivity contribution < 1.29 is 0 Å². The van der Waals surface area contributed by atoms with E-state index in [-0.39, 0.29) is 0 Å². The van der Waals surface area contributed by atoms with E-state index in [1.165, 1.54) is 16.8 Å². The second-order valence-electron chi connectivity index (χ2n) is 4.43. The van der Waals surface area contributed by atoms with Crippen LogP contribution in [0.5, 0.6) is 0 Å². The molecular weight excluding hydrogens is 288 g/mol.